The van der Waals surface area contributed by atoms with Crippen LogP contribution >= 0.6 is 0 Å². The molecule has 5 atom stereocenters. The van der Waals surface area contributed by atoms with Gasteiger partial charge in [-0.2, -0.15) is 0 Å². The Kier molecular flexibility index (Phi) is 15.1. The molecule has 6 bridgehead atoms. The highest BCUT2D eigenvalue weighted by Crippen LogP contribution is 2.42. The number of pyridine rings is 1. The number of fused-ring (bicyclic) bond motifs is 6. The van der Waals surface area contributed by atoms with Crippen LogP contribution in [0.2, 0.25) is 0 Å². The molecule has 5 heterocycles. The van der Waals surface area contributed by atoms with Gasteiger partial charge in [-0.1, -0.05) is 63.9 Å². The number of amides is 3. The van der Waals surface area contributed by atoms with Gasteiger partial charge in [0, 0.05) is 68.3 Å². The van der Waals surface area contributed by atoms with Gasteiger partial charge in [0.15, 0.2) is 6.29 Å². The van der Waals surface area contributed by atoms with Crippen molar-refractivity contribution in [2.24, 2.45) is 17.3 Å². The lowest BCUT2D eigenvalue weighted by Crippen LogP contribution is -2.62. The number of methoxy groups -OCH3 is 1. The molecule has 14 nitrogen and oxygen atoms in total. The predicted octanol–water partition coefficient (Wildman–Crippen LogP) is 5.75. The van der Waals surface area contributed by atoms with Crippen molar-refractivity contribution >= 4 is 40.9 Å². The van der Waals surface area contributed by atoms with Gasteiger partial charge in [0.25, 0.3) is 5.91 Å². The minimum atomic E-state index is -1.03. The number of likely N-dealkylation sites (tertiary alicyclic amines) is 1. The van der Waals surface area contributed by atoms with Crippen molar-refractivity contribution < 1.29 is 33.4 Å². The lowest BCUT2D eigenvalue weighted by Gasteiger charge is -2.37. The molecule has 0 radical (unpaired) electrons. The van der Waals surface area contributed by atoms with Crippen molar-refractivity contribution in [3.8, 4) is 34.2 Å². The van der Waals surface area contributed by atoms with Crippen LogP contribution in [0.3, 0.4) is 0 Å². The molecule has 7 rings (SSSR count). The Balaban J connectivity index is 1.27. The number of benzene rings is 2. The molecule has 2 N–H and O–H groups in total. The maximum atomic E-state index is 14.7. The Labute approximate surface area is 388 Å². The van der Waals surface area contributed by atoms with Gasteiger partial charge < -0.3 is 24.3 Å². The Morgan fingerprint density at radius 1 is 1.08 bits per heavy atom. The van der Waals surface area contributed by atoms with E-state index in [1.54, 1.807) is 20.4 Å². The van der Waals surface area contributed by atoms with Crippen LogP contribution in [0.15, 0.2) is 60.8 Å². The fourth-order valence-corrected chi connectivity index (χ4v) is 9.97. The van der Waals surface area contributed by atoms with E-state index in [-0.39, 0.29) is 42.8 Å². The first-order valence-electron chi connectivity index (χ1n) is 23.3. The van der Waals surface area contributed by atoms with Crippen molar-refractivity contribution in [2.45, 2.75) is 104 Å². The van der Waals surface area contributed by atoms with E-state index in [2.05, 4.69) is 84.3 Å². The van der Waals surface area contributed by atoms with Crippen LogP contribution in [-0.2, 0) is 52.8 Å². The van der Waals surface area contributed by atoms with Gasteiger partial charge in [0.2, 0.25) is 11.8 Å². The number of aryl methyl sites for hydroxylation is 1. The maximum Gasteiger partial charge on any atom is 0.324 e. The Bertz CT molecular complexity index is 2520. The van der Waals surface area contributed by atoms with E-state index in [0.29, 0.717) is 64.7 Å². The summed E-state index contributed by atoms with van der Waals surface area (Å²) in [7, 11) is 3.34. The van der Waals surface area contributed by atoms with Gasteiger partial charge in [0.1, 0.15) is 18.1 Å². The number of carbonyl (C=O) groups excluding carboxylic acids is 5. The number of nitrogens with one attached hydrogen (secondary N) is 2. The summed E-state index contributed by atoms with van der Waals surface area (Å²) < 4.78 is 14.3. The number of esters is 1. The van der Waals surface area contributed by atoms with E-state index >= 15 is 0 Å². The minimum Gasteiger partial charge on any atom is -0.464 e. The number of rotatable bonds is 10. The van der Waals surface area contributed by atoms with E-state index in [9.17, 15) is 24.0 Å². The number of hydrogen-bond acceptors (Lipinski definition) is 10. The lowest BCUT2D eigenvalue weighted by atomic mass is 9.84. The number of cyclic esters (lactones) is 1. The van der Waals surface area contributed by atoms with Crippen molar-refractivity contribution in [2.75, 3.05) is 46.9 Å². The molecule has 2 saturated heterocycles. The van der Waals surface area contributed by atoms with Gasteiger partial charge in [-0.25, -0.2) is 5.43 Å². The number of hydrazine groups is 1. The van der Waals surface area contributed by atoms with Crippen LogP contribution < -0.4 is 10.7 Å². The summed E-state index contributed by atoms with van der Waals surface area (Å²) >= 11 is 0. The standard InChI is InChI=1S/C52H65N7O7/c1-9-58-44-20-19-37-29-40(44)41(47(58)39-17-13-22-53-45(39)34(4)65-8)30-52(5,6)32-66-51(64)42-18-14-24-59(55-42)50(63)43(28-35-15-12-16-36(37)27-35)54-48(61)46(33(2)3)56(7)49(62)38-21-25-57(31-38)23-10-11-26-60/h12-13,15-17,19-20,22,26-27,29,33-34,38,42-43,46,55H,9,14,18,21,23-25,28,30-32H2,1-8H3,(H,54,61). The summed E-state index contributed by atoms with van der Waals surface area (Å²) in [5, 5.41) is 5.61. The number of nitrogens with zero attached hydrogens (tertiary/aromatic N) is 5. The molecule has 2 fully saturated rings. The average Bonchev–Trinajstić information content (AvgIpc) is 3.91. The van der Waals surface area contributed by atoms with Crippen molar-refractivity contribution in [1.29, 1.82) is 0 Å². The lowest BCUT2D eigenvalue weighted by molar-refractivity contribution is -0.155. The van der Waals surface area contributed by atoms with E-state index in [1.807, 2.05) is 43.9 Å². The summed E-state index contributed by atoms with van der Waals surface area (Å²) in [6.45, 7) is 14.8. The zero-order valence-electron chi connectivity index (χ0n) is 39.7. The molecule has 66 heavy (non-hydrogen) atoms. The highest BCUT2D eigenvalue weighted by Gasteiger charge is 2.40. The molecule has 14 heteroatoms. The summed E-state index contributed by atoms with van der Waals surface area (Å²) in [4.78, 5) is 76.2. The Hall–Kier alpha value is -5.88. The normalized spacial score (nSPS) is 21.0. The first-order valence-corrected chi connectivity index (χ1v) is 23.3. The van der Waals surface area contributed by atoms with Gasteiger partial charge in [0.05, 0.1) is 36.6 Å². The van der Waals surface area contributed by atoms with Crippen LogP contribution in [-0.4, -0.2) is 119 Å². The topological polar surface area (TPSA) is 155 Å². The van der Waals surface area contributed by atoms with Crippen molar-refractivity contribution in [3.63, 3.8) is 0 Å². The molecular weight excluding hydrogens is 835 g/mol. The third kappa shape index (κ3) is 10.4. The van der Waals surface area contributed by atoms with Crippen LogP contribution in [0.1, 0.15) is 83.7 Å². The van der Waals surface area contributed by atoms with Gasteiger partial charge in [-0.15, -0.1) is 0 Å². The van der Waals surface area contributed by atoms with E-state index < -0.39 is 35.4 Å². The van der Waals surface area contributed by atoms with E-state index in [4.69, 9.17) is 14.5 Å². The molecule has 0 spiro atoms. The summed E-state index contributed by atoms with van der Waals surface area (Å²) in [6, 6.07) is 16.0. The molecule has 350 valence electrons. The monoisotopic (exact) mass is 899 g/mol. The third-order valence-electron chi connectivity index (χ3n) is 13.4. The first-order chi connectivity index (χ1) is 31.6. The zero-order chi connectivity index (χ0) is 47.3. The largest absolute Gasteiger partial charge is 0.464 e. The number of carbonyl (C=O) groups is 5. The summed E-state index contributed by atoms with van der Waals surface area (Å²) in [5.41, 5.74) is 10.5. The maximum absolute atomic E-state index is 14.7. The van der Waals surface area contributed by atoms with Crippen molar-refractivity contribution in [3.05, 3.63) is 77.6 Å². The molecular formula is C52H65N7O7. The zero-order valence-corrected chi connectivity index (χ0v) is 39.7. The highest BCUT2D eigenvalue weighted by atomic mass is 16.5. The summed E-state index contributed by atoms with van der Waals surface area (Å²) in [6.07, 6.45) is 4.49. The second kappa shape index (κ2) is 20.7. The number of aromatic nitrogens is 2. The van der Waals surface area contributed by atoms with Gasteiger partial charge in [-0.05, 0) is 104 Å². The molecule has 3 aliphatic rings. The third-order valence-corrected chi connectivity index (χ3v) is 13.4. The quantitative estimate of drug-likeness (QED) is 0.114. The first kappa shape index (κ1) is 48.1. The fourth-order valence-electron chi connectivity index (χ4n) is 9.97. The van der Waals surface area contributed by atoms with Crippen LogP contribution in [0.5, 0.6) is 0 Å². The molecule has 0 aliphatic carbocycles. The van der Waals surface area contributed by atoms with Crippen LogP contribution in [0.4, 0.5) is 0 Å². The second-order valence-corrected chi connectivity index (χ2v) is 19.1. The molecule has 5 unspecified atom stereocenters. The van der Waals surface area contributed by atoms with Crippen molar-refractivity contribution in [1.82, 2.24) is 35.1 Å². The number of aldehydes is 1. The van der Waals surface area contributed by atoms with Crippen LogP contribution in [0, 0.1) is 29.1 Å². The molecule has 3 amide bonds. The van der Waals surface area contributed by atoms with Crippen LogP contribution in [0.25, 0.3) is 33.3 Å². The second-order valence-electron chi connectivity index (χ2n) is 19.1. The summed E-state index contributed by atoms with van der Waals surface area (Å²) in [5.74, 6) is 3.19. The Morgan fingerprint density at radius 2 is 1.86 bits per heavy atom. The molecule has 4 aromatic rings. The Morgan fingerprint density at radius 3 is 2.61 bits per heavy atom. The minimum absolute atomic E-state index is 0.140. The SMILES string of the molecule is CCn1c(-c2cccnc2C(C)OC)c2c3cc(ccc31)-c1cccc(c1)CC(NC(=O)C(C(C)C)N(C)C(=O)C1CCN(CC#CC=O)C1)C(=O)N1CCCC(N1)C(=O)OCC(C)(C)C2. The fraction of sp³-hybridized carbons (Fsp3) is 0.500. The molecule has 2 aromatic carbocycles. The van der Waals surface area contributed by atoms with E-state index in [1.165, 1.54) is 9.91 Å². The molecule has 3 aliphatic heterocycles. The molecule has 0 saturated carbocycles. The van der Waals surface area contributed by atoms with E-state index in [0.717, 1.165) is 50.1 Å². The van der Waals surface area contributed by atoms with Gasteiger partial charge >= 0.3 is 5.97 Å². The number of hydrogen-bond donors (Lipinski definition) is 2. The average molecular weight is 900 g/mol. The van der Waals surface area contributed by atoms with Gasteiger partial charge in [-0.3, -0.25) is 38.9 Å². The number of ether oxygens (including phenoxy) is 2. The molecule has 2 aromatic heterocycles. The highest BCUT2D eigenvalue weighted by molar-refractivity contribution is 5.96. The predicted molar refractivity (Wildman–Crippen MR) is 253 cm³/mol. The number of likely N-dealkylation sites (N-methyl/N-ethyl adjacent to an activating group) is 1. The smallest absolute Gasteiger partial charge is 0.324 e.